The van der Waals surface area contributed by atoms with Crippen LogP contribution in [-0.2, 0) is 4.74 Å². The van der Waals surface area contributed by atoms with Crippen molar-refractivity contribution in [2.75, 3.05) is 12.4 Å². The molecule has 48 valence electrons. The monoisotopic (exact) mass is 133 g/mol. The van der Waals surface area contributed by atoms with Gasteiger partial charge in [0.05, 0.1) is 6.61 Å². The van der Waals surface area contributed by atoms with Gasteiger partial charge in [-0.05, 0) is 12.7 Å². The molecule has 0 radical (unpaired) electrons. The summed E-state index contributed by atoms with van der Waals surface area (Å²) in [5.41, 5.74) is 0. The zero-order valence-corrected chi connectivity index (χ0v) is 5.87. The minimum Gasteiger partial charge on any atom is -0.481 e. The van der Waals surface area contributed by atoms with Crippen molar-refractivity contribution in [2.24, 2.45) is 0 Å². The third kappa shape index (κ3) is 3.99. The molecule has 0 bridgehead atoms. The number of hydrogen-bond acceptors (Lipinski definition) is 3. The zero-order valence-electron chi connectivity index (χ0n) is 4.98. The quantitative estimate of drug-likeness (QED) is 0.340. The van der Waals surface area contributed by atoms with Gasteiger partial charge in [-0.25, -0.2) is 0 Å². The number of nitrogens with one attached hydrogen (secondary N) is 1. The molecular weight excluding hydrogens is 122 g/mol. The summed E-state index contributed by atoms with van der Waals surface area (Å²) in [6.07, 6.45) is 0.636. The smallest absolute Gasteiger partial charge is 0.181 e. The third-order valence-corrected chi connectivity index (χ3v) is 0.881. The first kappa shape index (κ1) is 7.82. The summed E-state index contributed by atoms with van der Waals surface area (Å²) in [5.74, 6) is 1.03. The molecule has 0 amide bonds. The van der Waals surface area contributed by atoms with E-state index in [1.54, 1.807) is 0 Å². The minimum atomic E-state index is 0.336. The Labute approximate surface area is 55.2 Å². The average molecular weight is 133 g/mol. The zero-order chi connectivity index (χ0) is 6.41. The topological polar surface area (TPSA) is 33.1 Å². The standard InChI is InChI=1S/C5H11NOS/c1-2-7-5(6)3-4-8/h6,8H,2-4H2,1H3. The summed E-state index contributed by atoms with van der Waals surface area (Å²) in [6, 6.07) is 0. The maximum absolute atomic E-state index is 7.02. The Bertz CT molecular complexity index is 66.8. The van der Waals surface area contributed by atoms with Crippen LogP contribution in [0.2, 0.25) is 0 Å². The van der Waals surface area contributed by atoms with E-state index in [1.165, 1.54) is 0 Å². The molecule has 0 aliphatic heterocycles. The number of rotatable bonds is 3. The van der Waals surface area contributed by atoms with Crippen LogP contribution in [0.3, 0.4) is 0 Å². The molecule has 0 heterocycles. The molecule has 3 heteroatoms. The van der Waals surface area contributed by atoms with E-state index in [9.17, 15) is 0 Å². The fourth-order valence-corrected chi connectivity index (χ4v) is 0.551. The second-order valence-electron chi connectivity index (χ2n) is 1.33. The van der Waals surface area contributed by atoms with Crippen molar-refractivity contribution < 1.29 is 4.74 Å². The summed E-state index contributed by atoms with van der Waals surface area (Å²) in [5, 5.41) is 7.02. The molecule has 1 N–H and O–H groups in total. The Morgan fingerprint density at radius 2 is 2.38 bits per heavy atom. The maximum atomic E-state index is 7.02. The van der Waals surface area contributed by atoms with Crippen LogP contribution in [-0.4, -0.2) is 18.3 Å². The maximum Gasteiger partial charge on any atom is 0.181 e. The molecule has 8 heavy (non-hydrogen) atoms. The second-order valence-corrected chi connectivity index (χ2v) is 1.78. The molecule has 0 spiro atoms. The highest BCUT2D eigenvalue weighted by molar-refractivity contribution is 7.80. The number of thiol groups is 1. The molecule has 0 aromatic carbocycles. The van der Waals surface area contributed by atoms with Gasteiger partial charge in [-0.2, -0.15) is 12.6 Å². The van der Waals surface area contributed by atoms with E-state index in [1.807, 2.05) is 6.92 Å². The van der Waals surface area contributed by atoms with Crippen molar-refractivity contribution in [2.45, 2.75) is 13.3 Å². The van der Waals surface area contributed by atoms with Gasteiger partial charge in [0.25, 0.3) is 0 Å². The van der Waals surface area contributed by atoms with Gasteiger partial charge in [-0.3, -0.25) is 5.41 Å². The van der Waals surface area contributed by atoms with Crippen molar-refractivity contribution in [3.05, 3.63) is 0 Å². The van der Waals surface area contributed by atoms with Crippen molar-refractivity contribution in [1.82, 2.24) is 0 Å². The van der Waals surface area contributed by atoms with E-state index in [0.717, 1.165) is 0 Å². The Balaban J connectivity index is 3.06. The fourth-order valence-electron chi connectivity index (χ4n) is 0.348. The van der Waals surface area contributed by atoms with Gasteiger partial charge in [0, 0.05) is 6.42 Å². The van der Waals surface area contributed by atoms with E-state index < -0.39 is 0 Å². The Kier molecular flexibility index (Phi) is 4.85. The molecular formula is C5H11NOS. The first-order chi connectivity index (χ1) is 3.81. The summed E-state index contributed by atoms with van der Waals surface area (Å²) >= 11 is 3.93. The molecule has 0 saturated carbocycles. The number of ether oxygens (including phenoxy) is 1. The van der Waals surface area contributed by atoms with Crippen molar-refractivity contribution in [3.8, 4) is 0 Å². The first-order valence-corrected chi connectivity index (χ1v) is 3.25. The fraction of sp³-hybridized carbons (Fsp3) is 0.800. The predicted molar refractivity (Wildman–Crippen MR) is 37.8 cm³/mol. The summed E-state index contributed by atoms with van der Waals surface area (Å²) in [4.78, 5) is 0. The highest BCUT2D eigenvalue weighted by Gasteiger charge is 1.90. The Hall–Kier alpha value is -0.180. The van der Waals surface area contributed by atoms with E-state index in [0.29, 0.717) is 24.7 Å². The lowest BCUT2D eigenvalue weighted by Crippen LogP contribution is -2.02. The SMILES string of the molecule is CCOC(=N)CCS. The minimum absolute atomic E-state index is 0.336. The molecule has 2 nitrogen and oxygen atoms in total. The number of hydrogen-bond donors (Lipinski definition) is 2. The van der Waals surface area contributed by atoms with Crippen LogP contribution >= 0.6 is 12.6 Å². The molecule has 0 aromatic rings. The lowest BCUT2D eigenvalue weighted by atomic mass is 10.5. The van der Waals surface area contributed by atoms with Crippen molar-refractivity contribution >= 4 is 18.5 Å². The van der Waals surface area contributed by atoms with E-state index in [2.05, 4.69) is 12.6 Å². The summed E-state index contributed by atoms with van der Waals surface area (Å²) in [6.45, 7) is 2.46. The average Bonchev–Trinajstić information content (AvgIpc) is 1.68. The lowest BCUT2D eigenvalue weighted by molar-refractivity contribution is 0.316. The Morgan fingerprint density at radius 1 is 1.75 bits per heavy atom. The van der Waals surface area contributed by atoms with Crippen LogP contribution in [0.15, 0.2) is 0 Å². The molecule has 0 fully saturated rings. The van der Waals surface area contributed by atoms with Gasteiger partial charge in [-0.1, -0.05) is 0 Å². The van der Waals surface area contributed by atoms with Crippen LogP contribution in [0.1, 0.15) is 13.3 Å². The van der Waals surface area contributed by atoms with Gasteiger partial charge in [0.2, 0.25) is 0 Å². The summed E-state index contributed by atoms with van der Waals surface area (Å²) in [7, 11) is 0. The summed E-state index contributed by atoms with van der Waals surface area (Å²) < 4.78 is 4.82. The second kappa shape index (κ2) is 4.97. The van der Waals surface area contributed by atoms with E-state index >= 15 is 0 Å². The molecule has 0 aromatic heterocycles. The van der Waals surface area contributed by atoms with Gasteiger partial charge in [0.15, 0.2) is 5.90 Å². The Morgan fingerprint density at radius 3 is 2.75 bits per heavy atom. The van der Waals surface area contributed by atoms with Gasteiger partial charge < -0.3 is 4.74 Å². The molecule has 0 rings (SSSR count). The first-order valence-electron chi connectivity index (χ1n) is 2.62. The highest BCUT2D eigenvalue weighted by atomic mass is 32.1. The molecule has 0 aliphatic rings. The van der Waals surface area contributed by atoms with Crippen molar-refractivity contribution in [1.29, 1.82) is 5.41 Å². The molecule has 0 unspecified atom stereocenters. The largest absolute Gasteiger partial charge is 0.481 e. The van der Waals surface area contributed by atoms with E-state index in [4.69, 9.17) is 10.1 Å². The highest BCUT2D eigenvalue weighted by Crippen LogP contribution is 1.87. The molecule has 0 atom stereocenters. The van der Waals surface area contributed by atoms with E-state index in [-0.39, 0.29) is 0 Å². The third-order valence-electron chi connectivity index (χ3n) is 0.657. The van der Waals surface area contributed by atoms with Crippen molar-refractivity contribution in [3.63, 3.8) is 0 Å². The van der Waals surface area contributed by atoms with Crippen LogP contribution in [0.25, 0.3) is 0 Å². The van der Waals surface area contributed by atoms with Gasteiger partial charge >= 0.3 is 0 Å². The molecule has 0 saturated heterocycles. The van der Waals surface area contributed by atoms with Crippen LogP contribution in [0.5, 0.6) is 0 Å². The van der Waals surface area contributed by atoms with Gasteiger partial charge in [0.1, 0.15) is 0 Å². The van der Waals surface area contributed by atoms with Crippen LogP contribution < -0.4 is 0 Å². The molecule has 0 aliphatic carbocycles. The predicted octanol–water partition coefficient (Wildman–Crippen LogP) is 1.32. The van der Waals surface area contributed by atoms with Crippen LogP contribution in [0.4, 0.5) is 0 Å². The van der Waals surface area contributed by atoms with Gasteiger partial charge in [-0.15, -0.1) is 0 Å². The lowest BCUT2D eigenvalue weighted by Gasteiger charge is -1.99. The van der Waals surface area contributed by atoms with Crippen LogP contribution in [0, 0.1) is 5.41 Å². The normalized spacial score (nSPS) is 8.75.